The van der Waals surface area contributed by atoms with E-state index in [1.165, 1.54) is 26.2 Å². The number of nitrogen functional groups attached to an aromatic ring is 2. The van der Waals surface area contributed by atoms with Gasteiger partial charge < -0.3 is 42.5 Å². The molecule has 3 rings (SSSR count). The molecular formula is C26H34N8O9S2. The van der Waals surface area contributed by atoms with Crippen molar-refractivity contribution in [3.8, 4) is 11.8 Å². The smallest absolute Gasteiger partial charge is 0.327 e. The maximum atomic E-state index is 14.3. The van der Waals surface area contributed by atoms with E-state index >= 15 is 0 Å². The first-order valence-corrected chi connectivity index (χ1v) is 15.7. The average molecular weight is 667 g/mol. The number of rotatable bonds is 14. The predicted octanol–water partition coefficient (Wildman–Crippen LogP) is 0.255. The summed E-state index contributed by atoms with van der Waals surface area (Å²) < 4.78 is 0. The van der Waals surface area contributed by atoms with Gasteiger partial charge in [0.1, 0.15) is 17.9 Å². The van der Waals surface area contributed by atoms with Crippen molar-refractivity contribution in [3.05, 3.63) is 23.8 Å². The van der Waals surface area contributed by atoms with E-state index in [0.29, 0.717) is 19.3 Å². The van der Waals surface area contributed by atoms with E-state index in [-0.39, 0.29) is 40.3 Å². The zero-order valence-corrected chi connectivity index (χ0v) is 25.9. The third kappa shape index (κ3) is 9.30. The Labute approximate surface area is 265 Å². The number of anilines is 2. The summed E-state index contributed by atoms with van der Waals surface area (Å²) >= 11 is 2.10. The third-order valence-corrected chi connectivity index (χ3v) is 9.82. The number of amides is 2. The molecule has 0 aliphatic heterocycles. The molecule has 6 atom stereocenters. The number of carbonyl (C=O) groups is 5. The Morgan fingerprint density at radius 2 is 1.20 bits per heavy atom. The quantitative estimate of drug-likeness (QED) is 0.134. The molecule has 1 aliphatic carbocycles. The van der Waals surface area contributed by atoms with Crippen molar-refractivity contribution in [3.63, 3.8) is 0 Å². The van der Waals surface area contributed by atoms with E-state index < -0.39 is 69.9 Å². The van der Waals surface area contributed by atoms with E-state index in [1.807, 2.05) is 0 Å². The molecule has 4 unspecified atom stereocenters. The van der Waals surface area contributed by atoms with Crippen molar-refractivity contribution in [2.45, 2.75) is 55.7 Å². The van der Waals surface area contributed by atoms with Gasteiger partial charge in [0.2, 0.25) is 11.8 Å². The number of nitrogens with one attached hydrogen (secondary N) is 2. The molecule has 244 valence electrons. The first-order chi connectivity index (χ1) is 21.2. The predicted molar refractivity (Wildman–Crippen MR) is 163 cm³/mol. The Kier molecular flexibility index (Phi) is 12.1. The van der Waals surface area contributed by atoms with Crippen molar-refractivity contribution >= 4 is 64.7 Å². The lowest BCUT2D eigenvalue weighted by Gasteiger charge is -2.36. The summed E-state index contributed by atoms with van der Waals surface area (Å²) in [6, 6.07) is -2.57. The van der Waals surface area contributed by atoms with Gasteiger partial charge >= 0.3 is 11.9 Å². The Morgan fingerprint density at radius 3 is 1.51 bits per heavy atom. The molecule has 45 heavy (non-hydrogen) atoms. The normalized spacial score (nSPS) is 19.1. The molecule has 17 nitrogen and oxygen atoms in total. The summed E-state index contributed by atoms with van der Waals surface area (Å²) in [5.74, 6) is -7.47. The molecule has 19 heteroatoms. The van der Waals surface area contributed by atoms with Crippen LogP contribution in [0.4, 0.5) is 11.6 Å². The van der Waals surface area contributed by atoms with E-state index in [2.05, 4.69) is 30.6 Å². The molecule has 2 aromatic heterocycles. The number of carboxylic acid groups (broad SMARTS) is 2. The summed E-state index contributed by atoms with van der Waals surface area (Å²) in [6.07, 6.45) is 3.70. The van der Waals surface area contributed by atoms with Crippen molar-refractivity contribution in [1.82, 2.24) is 30.6 Å². The second-order valence-corrected chi connectivity index (χ2v) is 12.6. The van der Waals surface area contributed by atoms with Crippen LogP contribution in [0.3, 0.4) is 0 Å². The van der Waals surface area contributed by atoms with Gasteiger partial charge in [0, 0.05) is 37.2 Å². The van der Waals surface area contributed by atoms with Crippen molar-refractivity contribution in [2.24, 2.45) is 11.8 Å². The van der Waals surface area contributed by atoms with E-state index in [0.717, 1.165) is 23.5 Å². The molecule has 0 aromatic carbocycles. The molecule has 2 amide bonds. The Bertz CT molecular complexity index is 1350. The van der Waals surface area contributed by atoms with Crippen LogP contribution >= 0.6 is 23.5 Å². The summed E-state index contributed by atoms with van der Waals surface area (Å²) in [5, 5.41) is 42.1. The lowest BCUT2D eigenvalue weighted by molar-refractivity contribution is -0.141. The zero-order valence-electron chi connectivity index (χ0n) is 24.2. The van der Waals surface area contributed by atoms with Crippen LogP contribution in [0.15, 0.2) is 12.4 Å². The van der Waals surface area contributed by atoms with E-state index in [1.54, 1.807) is 0 Å². The van der Waals surface area contributed by atoms with Gasteiger partial charge in [-0.15, -0.1) is 23.5 Å². The zero-order chi connectivity index (χ0) is 33.4. The highest BCUT2D eigenvalue weighted by Crippen LogP contribution is 2.48. The molecule has 0 radical (unpaired) electrons. The fourth-order valence-electron chi connectivity index (χ4n) is 4.87. The number of nitrogens with two attached hydrogens (primary N) is 2. The van der Waals surface area contributed by atoms with Gasteiger partial charge in [-0.1, -0.05) is 6.42 Å². The summed E-state index contributed by atoms with van der Waals surface area (Å²) in [7, 11) is 0. The Morgan fingerprint density at radius 1 is 0.822 bits per heavy atom. The van der Waals surface area contributed by atoms with Crippen LogP contribution in [0.5, 0.6) is 11.8 Å². The van der Waals surface area contributed by atoms with Crippen LogP contribution < -0.4 is 22.1 Å². The molecule has 1 aliphatic rings. The fraction of sp³-hybridized carbons (Fsp3) is 0.500. The van der Waals surface area contributed by atoms with Gasteiger partial charge in [-0.05, 0) is 12.8 Å². The maximum Gasteiger partial charge on any atom is 0.327 e. The van der Waals surface area contributed by atoms with E-state index in [9.17, 15) is 44.4 Å². The van der Waals surface area contributed by atoms with Gasteiger partial charge in [-0.3, -0.25) is 14.4 Å². The van der Waals surface area contributed by atoms with Crippen LogP contribution in [0.2, 0.25) is 0 Å². The number of Topliss-reactive ketones (excluding diaryl/α,β-unsaturated/α-hetero) is 1. The van der Waals surface area contributed by atoms with Crippen LogP contribution in [0, 0.1) is 11.8 Å². The standard InChI is InChI=1S/C26H34N8O9S2/c1-10(35)31-16(25(40)41)8-44-19(14-6-29-23(38)21(27)33-14)12-4-3-5-13(18(12)37)20(15-7-30-24(39)22(28)34-15)45-9-17(26(42)43)32-11(2)36/h6-7,12-13,16-17,19-20H,3-5,8-9H2,1-2H3,(H2,27,33)(H2,28,34)(H,29,38)(H,30,39)(H,31,35)(H,32,36)(H,40,41)(H,42,43)/t12?,13?,16-,17-,19?,20?/m0/s1. The summed E-state index contributed by atoms with van der Waals surface area (Å²) in [5.41, 5.74) is 12.0. The van der Waals surface area contributed by atoms with Crippen LogP contribution in [0.25, 0.3) is 0 Å². The molecule has 0 spiro atoms. The lowest BCUT2D eigenvalue weighted by Crippen LogP contribution is -2.42. The number of aromatic nitrogens is 4. The minimum absolute atomic E-state index is 0.147. The van der Waals surface area contributed by atoms with Crippen LogP contribution in [-0.2, 0) is 24.0 Å². The SMILES string of the molecule is CC(=O)N[C@@H](CSC(c1cnc(O)c(N)n1)C1CCCC(C(SC[C@H](NC(C)=O)C(=O)O)c2cnc(O)c(N)n2)C1=O)C(=O)O. The molecular weight excluding hydrogens is 632 g/mol. The largest absolute Gasteiger partial charge is 0.491 e. The lowest BCUT2D eigenvalue weighted by atomic mass is 9.76. The number of ketones is 1. The highest BCUT2D eigenvalue weighted by atomic mass is 32.2. The number of aliphatic carboxylic acids is 2. The number of carboxylic acids is 2. The van der Waals surface area contributed by atoms with Gasteiger partial charge in [0.15, 0.2) is 11.6 Å². The summed E-state index contributed by atoms with van der Waals surface area (Å²) in [6.45, 7) is 2.36. The van der Waals surface area contributed by atoms with Gasteiger partial charge in [-0.2, -0.15) is 0 Å². The number of nitrogens with zero attached hydrogens (tertiary/aromatic N) is 4. The third-order valence-electron chi connectivity index (χ3n) is 6.91. The van der Waals surface area contributed by atoms with Gasteiger partial charge in [-0.25, -0.2) is 29.5 Å². The van der Waals surface area contributed by atoms with Crippen molar-refractivity contribution < 1.29 is 44.4 Å². The number of aromatic hydroxyl groups is 2. The first kappa shape index (κ1) is 35.1. The van der Waals surface area contributed by atoms with Gasteiger partial charge in [0.05, 0.1) is 34.3 Å². The van der Waals surface area contributed by atoms with Crippen LogP contribution in [0.1, 0.15) is 55.0 Å². The number of hydrogen-bond donors (Lipinski definition) is 8. The number of thioether (sulfide) groups is 2. The van der Waals surface area contributed by atoms with Crippen molar-refractivity contribution in [2.75, 3.05) is 23.0 Å². The molecule has 10 N–H and O–H groups in total. The second-order valence-electron chi connectivity index (χ2n) is 10.2. The molecule has 2 aromatic rings. The van der Waals surface area contributed by atoms with Crippen LogP contribution in [-0.4, -0.2) is 93.5 Å². The second kappa shape index (κ2) is 15.6. The molecule has 1 saturated carbocycles. The molecule has 2 heterocycles. The first-order valence-electron chi connectivity index (χ1n) is 13.6. The number of hydrogen-bond acceptors (Lipinski definition) is 15. The van der Waals surface area contributed by atoms with Crippen molar-refractivity contribution in [1.29, 1.82) is 0 Å². The highest BCUT2D eigenvalue weighted by molar-refractivity contribution is 7.99. The molecule has 1 fully saturated rings. The number of carbonyl (C=O) groups excluding carboxylic acids is 3. The minimum Gasteiger partial charge on any atom is -0.491 e. The average Bonchev–Trinajstić information content (AvgIpc) is 2.96. The summed E-state index contributed by atoms with van der Waals surface area (Å²) in [4.78, 5) is 77.3. The van der Waals surface area contributed by atoms with Gasteiger partial charge in [0.25, 0.3) is 11.8 Å². The highest BCUT2D eigenvalue weighted by Gasteiger charge is 2.43. The molecule has 0 saturated heterocycles. The Hall–Kier alpha value is -4.39. The maximum absolute atomic E-state index is 14.3. The topological polar surface area (TPSA) is 294 Å². The monoisotopic (exact) mass is 666 g/mol. The van der Waals surface area contributed by atoms with E-state index in [4.69, 9.17) is 11.5 Å². The Balaban J connectivity index is 2.00. The minimum atomic E-state index is -1.29. The molecule has 0 bridgehead atoms. The fourth-order valence-corrected chi connectivity index (χ4v) is 7.70.